The van der Waals surface area contributed by atoms with E-state index in [1.54, 1.807) is 16.0 Å². The van der Waals surface area contributed by atoms with Gasteiger partial charge in [-0.25, -0.2) is 0 Å². The van der Waals surface area contributed by atoms with Crippen molar-refractivity contribution in [3.05, 3.63) is 34.3 Å². The van der Waals surface area contributed by atoms with Crippen LogP contribution in [0.25, 0.3) is 0 Å². The average molecular weight is 238 g/mol. The molecule has 0 radical (unpaired) electrons. The molecule has 2 aromatic rings. The lowest BCUT2D eigenvalue weighted by Crippen LogP contribution is -2.20. The Morgan fingerprint density at radius 3 is 3.12 bits per heavy atom. The van der Waals surface area contributed by atoms with Gasteiger partial charge in [0, 0.05) is 26.3 Å². The first-order valence-electron chi connectivity index (χ1n) is 5.02. The summed E-state index contributed by atoms with van der Waals surface area (Å²) < 4.78 is 1.66. The molecule has 2 aromatic heterocycles. The molecule has 1 atom stereocenters. The zero-order valence-corrected chi connectivity index (χ0v) is 9.81. The van der Waals surface area contributed by atoms with Gasteiger partial charge in [0.05, 0.1) is 11.8 Å². The number of nitrogens with one attached hydrogen (secondary N) is 1. The molecule has 2 heterocycles. The molecular formula is C10H14N4OS. The highest BCUT2D eigenvalue weighted by Gasteiger charge is 2.07. The smallest absolute Gasteiger partial charge is 0.0964 e. The second kappa shape index (κ2) is 5.20. The highest BCUT2D eigenvalue weighted by molar-refractivity contribution is 7.07. The van der Waals surface area contributed by atoms with Crippen LogP contribution in [-0.2, 0) is 13.6 Å². The summed E-state index contributed by atoms with van der Waals surface area (Å²) in [5.41, 5.74) is 1.83. The van der Waals surface area contributed by atoms with Gasteiger partial charge in [0.15, 0.2) is 0 Å². The molecular weight excluding hydrogens is 224 g/mol. The molecule has 0 bridgehead atoms. The normalized spacial score (nSPS) is 12.9. The Kier molecular flexibility index (Phi) is 3.66. The largest absolute Gasteiger partial charge is 0.387 e. The number of thiophene rings is 1. The molecule has 16 heavy (non-hydrogen) atoms. The monoisotopic (exact) mass is 238 g/mol. The van der Waals surface area contributed by atoms with Crippen LogP contribution in [0.4, 0.5) is 0 Å². The van der Waals surface area contributed by atoms with E-state index in [4.69, 9.17) is 0 Å². The Balaban J connectivity index is 1.76. The molecule has 0 amide bonds. The van der Waals surface area contributed by atoms with Crippen molar-refractivity contribution in [1.82, 2.24) is 20.3 Å². The van der Waals surface area contributed by atoms with Crippen LogP contribution in [-0.4, -0.2) is 26.6 Å². The van der Waals surface area contributed by atoms with E-state index in [1.165, 1.54) is 0 Å². The summed E-state index contributed by atoms with van der Waals surface area (Å²) in [6, 6.07) is 1.93. The maximum Gasteiger partial charge on any atom is 0.0964 e. The van der Waals surface area contributed by atoms with Gasteiger partial charge in [0.25, 0.3) is 0 Å². The fourth-order valence-corrected chi connectivity index (χ4v) is 2.10. The lowest BCUT2D eigenvalue weighted by atomic mass is 10.2. The number of aliphatic hydroxyl groups excluding tert-OH is 1. The van der Waals surface area contributed by atoms with Gasteiger partial charge in [-0.15, -0.1) is 5.10 Å². The maximum atomic E-state index is 9.80. The van der Waals surface area contributed by atoms with Gasteiger partial charge in [-0.1, -0.05) is 5.21 Å². The van der Waals surface area contributed by atoms with Crippen LogP contribution in [0.5, 0.6) is 0 Å². The number of nitrogens with zero attached hydrogens (tertiary/aromatic N) is 3. The summed E-state index contributed by atoms with van der Waals surface area (Å²) in [6.45, 7) is 1.14. The topological polar surface area (TPSA) is 63.0 Å². The standard InChI is InChI=1S/C10H14N4OS/c1-14-6-9(12-13-14)4-11-5-10(15)8-2-3-16-7-8/h2-3,6-7,10-11,15H,4-5H2,1H3. The molecule has 0 aromatic carbocycles. The minimum absolute atomic E-state index is 0.456. The fourth-order valence-electron chi connectivity index (χ4n) is 1.40. The lowest BCUT2D eigenvalue weighted by Gasteiger charge is -2.08. The quantitative estimate of drug-likeness (QED) is 0.805. The predicted molar refractivity (Wildman–Crippen MR) is 62.0 cm³/mol. The SMILES string of the molecule is Cn1cc(CNCC(O)c2ccsc2)nn1. The van der Waals surface area contributed by atoms with E-state index in [0.29, 0.717) is 13.1 Å². The van der Waals surface area contributed by atoms with Crippen LogP contribution >= 0.6 is 11.3 Å². The Labute approximate surface area is 97.7 Å². The van der Waals surface area contributed by atoms with Crippen molar-refractivity contribution in [1.29, 1.82) is 0 Å². The van der Waals surface area contributed by atoms with Gasteiger partial charge in [0.1, 0.15) is 0 Å². The highest BCUT2D eigenvalue weighted by atomic mass is 32.1. The van der Waals surface area contributed by atoms with Crippen LogP contribution in [0.3, 0.4) is 0 Å². The number of aromatic nitrogens is 3. The molecule has 0 aliphatic rings. The first-order chi connectivity index (χ1) is 7.75. The molecule has 0 aliphatic heterocycles. The number of rotatable bonds is 5. The molecule has 0 saturated heterocycles. The molecule has 0 aliphatic carbocycles. The van der Waals surface area contributed by atoms with Crippen molar-refractivity contribution in [2.45, 2.75) is 12.6 Å². The average Bonchev–Trinajstić information content (AvgIpc) is 2.89. The third-order valence-electron chi connectivity index (χ3n) is 2.22. The number of aliphatic hydroxyl groups is 1. The molecule has 0 saturated carbocycles. The van der Waals surface area contributed by atoms with Crippen LogP contribution in [0.2, 0.25) is 0 Å². The van der Waals surface area contributed by atoms with Gasteiger partial charge in [-0.2, -0.15) is 11.3 Å². The Morgan fingerprint density at radius 2 is 2.50 bits per heavy atom. The Hall–Kier alpha value is -1.24. The Morgan fingerprint density at radius 1 is 1.62 bits per heavy atom. The third-order valence-corrected chi connectivity index (χ3v) is 2.92. The van der Waals surface area contributed by atoms with Crippen LogP contribution in [0.15, 0.2) is 23.0 Å². The van der Waals surface area contributed by atoms with Gasteiger partial charge >= 0.3 is 0 Å². The molecule has 86 valence electrons. The third kappa shape index (κ3) is 2.88. The van der Waals surface area contributed by atoms with Crippen LogP contribution < -0.4 is 5.32 Å². The summed E-state index contributed by atoms with van der Waals surface area (Å²) in [5, 5.41) is 24.6. The van der Waals surface area contributed by atoms with Gasteiger partial charge in [-0.05, 0) is 22.4 Å². The van der Waals surface area contributed by atoms with Crippen molar-refractivity contribution < 1.29 is 5.11 Å². The molecule has 2 N–H and O–H groups in total. The summed E-state index contributed by atoms with van der Waals surface area (Å²) in [5.74, 6) is 0. The second-order valence-electron chi connectivity index (χ2n) is 3.59. The number of hydrogen-bond acceptors (Lipinski definition) is 5. The van der Waals surface area contributed by atoms with E-state index in [0.717, 1.165) is 11.3 Å². The van der Waals surface area contributed by atoms with E-state index in [1.807, 2.05) is 30.1 Å². The Bertz CT molecular complexity index is 426. The first kappa shape index (κ1) is 11.3. The summed E-state index contributed by atoms with van der Waals surface area (Å²) in [4.78, 5) is 0. The summed E-state index contributed by atoms with van der Waals surface area (Å²) in [7, 11) is 1.83. The molecule has 6 heteroatoms. The van der Waals surface area contributed by atoms with Crippen molar-refractivity contribution in [2.75, 3.05) is 6.54 Å². The molecule has 5 nitrogen and oxygen atoms in total. The maximum absolute atomic E-state index is 9.80. The van der Waals surface area contributed by atoms with Crippen LogP contribution in [0.1, 0.15) is 17.4 Å². The number of aryl methyl sites for hydroxylation is 1. The summed E-state index contributed by atoms with van der Waals surface area (Å²) >= 11 is 1.59. The van der Waals surface area contributed by atoms with E-state index in [9.17, 15) is 5.11 Å². The van der Waals surface area contributed by atoms with E-state index < -0.39 is 6.10 Å². The van der Waals surface area contributed by atoms with E-state index in [-0.39, 0.29) is 0 Å². The number of hydrogen-bond donors (Lipinski definition) is 2. The minimum atomic E-state index is -0.456. The summed E-state index contributed by atoms with van der Waals surface area (Å²) in [6.07, 6.45) is 1.40. The van der Waals surface area contributed by atoms with Gasteiger partial charge in [0.2, 0.25) is 0 Å². The fraction of sp³-hybridized carbons (Fsp3) is 0.400. The molecule has 0 fully saturated rings. The zero-order valence-electron chi connectivity index (χ0n) is 9.00. The molecule has 1 unspecified atom stereocenters. The van der Waals surface area contributed by atoms with Gasteiger partial charge in [-0.3, -0.25) is 4.68 Å². The zero-order chi connectivity index (χ0) is 11.4. The lowest BCUT2D eigenvalue weighted by molar-refractivity contribution is 0.174. The van der Waals surface area contributed by atoms with Gasteiger partial charge < -0.3 is 10.4 Å². The minimum Gasteiger partial charge on any atom is -0.387 e. The van der Waals surface area contributed by atoms with E-state index in [2.05, 4.69) is 15.6 Å². The van der Waals surface area contributed by atoms with Crippen molar-refractivity contribution in [3.8, 4) is 0 Å². The second-order valence-corrected chi connectivity index (χ2v) is 4.37. The van der Waals surface area contributed by atoms with Crippen molar-refractivity contribution in [3.63, 3.8) is 0 Å². The highest BCUT2D eigenvalue weighted by Crippen LogP contribution is 2.14. The first-order valence-corrected chi connectivity index (χ1v) is 5.96. The van der Waals surface area contributed by atoms with Crippen molar-refractivity contribution >= 4 is 11.3 Å². The predicted octanol–water partition coefficient (Wildman–Crippen LogP) is 0.700. The van der Waals surface area contributed by atoms with E-state index >= 15 is 0 Å². The van der Waals surface area contributed by atoms with Crippen LogP contribution in [0, 0.1) is 0 Å². The molecule has 2 rings (SSSR count). The molecule has 0 spiro atoms. The van der Waals surface area contributed by atoms with Crippen molar-refractivity contribution in [2.24, 2.45) is 7.05 Å².